The van der Waals surface area contributed by atoms with Crippen LogP contribution in [0.15, 0.2) is 53.6 Å². The summed E-state index contributed by atoms with van der Waals surface area (Å²) in [7, 11) is 0. The summed E-state index contributed by atoms with van der Waals surface area (Å²) in [6.45, 7) is 0.360. The number of hydrogen-bond donors (Lipinski definition) is 1. The number of hydrogen-bond acceptors (Lipinski definition) is 4. The molecule has 0 saturated heterocycles. The molecule has 1 aliphatic rings. The Bertz CT molecular complexity index is 1560. The summed E-state index contributed by atoms with van der Waals surface area (Å²) in [6, 6.07) is 8.38. The number of benzene rings is 1. The summed E-state index contributed by atoms with van der Waals surface area (Å²) in [5.41, 5.74) is 0.356. The molecule has 3 aromatic heterocycles. The van der Waals surface area contributed by atoms with Crippen molar-refractivity contribution in [2.24, 2.45) is 5.92 Å². The maximum absolute atomic E-state index is 14.2. The van der Waals surface area contributed by atoms with Crippen molar-refractivity contribution in [1.29, 1.82) is 0 Å². The molecule has 0 aliphatic heterocycles. The minimum atomic E-state index is -2.91. The first-order chi connectivity index (χ1) is 18.2. The first-order valence-corrected chi connectivity index (χ1v) is 12.7. The number of rotatable bonds is 6. The van der Waals surface area contributed by atoms with E-state index in [1.807, 2.05) is 0 Å². The molecule has 1 N–H and O–H groups in total. The fourth-order valence-corrected chi connectivity index (χ4v) is 5.33. The molecule has 0 unspecified atom stereocenters. The topological polar surface area (TPSA) is 81.8 Å². The Balaban J connectivity index is 1.32. The highest BCUT2D eigenvalue weighted by molar-refractivity contribution is 6.30. The van der Waals surface area contributed by atoms with Gasteiger partial charge in [0.25, 0.3) is 12.3 Å². The van der Waals surface area contributed by atoms with Crippen LogP contribution in [0.25, 0.3) is 16.7 Å². The molecule has 0 radical (unpaired) electrons. The molecular weight excluding hydrogens is 542 g/mol. The van der Waals surface area contributed by atoms with Gasteiger partial charge in [-0.25, -0.2) is 22.9 Å². The summed E-state index contributed by atoms with van der Waals surface area (Å²) in [5.74, 6) is -1.01. The molecule has 1 fully saturated rings. The van der Waals surface area contributed by atoms with Crippen molar-refractivity contribution in [2.45, 2.75) is 44.7 Å². The van der Waals surface area contributed by atoms with E-state index in [2.05, 4.69) is 15.3 Å². The largest absolute Gasteiger partial charge is 0.349 e. The Morgan fingerprint density at radius 1 is 1.05 bits per heavy atom. The van der Waals surface area contributed by atoms with Gasteiger partial charge in [0.2, 0.25) is 0 Å². The zero-order valence-corrected chi connectivity index (χ0v) is 21.4. The smallest absolute Gasteiger partial charge is 0.333 e. The van der Waals surface area contributed by atoms with Crippen molar-refractivity contribution in [3.05, 3.63) is 86.5 Å². The molecule has 1 saturated carbocycles. The van der Waals surface area contributed by atoms with Gasteiger partial charge < -0.3 is 5.32 Å². The number of nitrogens with zero attached hydrogens (tertiary/aromatic N) is 4. The van der Waals surface area contributed by atoms with Gasteiger partial charge in [0.1, 0.15) is 16.7 Å². The molecule has 198 valence electrons. The molecule has 38 heavy (non-hydrogen) atoms. The molecule has 1 amide bonds. The Hall–Kier alpha value is -3.37. The summed E-state index contributed by atoms with van der Waals surface area (Å²) >= 11 is 11.9. The third-order valence-corrected chi connectivity index (χ3v) is 7.23. The fourth-order valence-electron chi connectivity index (χ4n) is 5.00. The van der Waals surface area contributed by atoms with E-state index in [9.17, 15) is 22.8 Å². The van der Waals surface area contributed by atoms with Gasteiger partial charge in [0, 0.05) is 25.0 Å². The maximum Gasteiger partial charge on any atom is 0.333 e. The van der Waals surface area contributed by atoms with Crippen molar-refractivity contribution in [3.63, 3.8) is 0 Å². The second-order valence-electron chi connectivity index (χ2n) is 9.28. The van der Waals surface area contributed by atoms with Crippen LogP contribution in [0.5, 0.6) is 0 Å². The lowest BCUT2D eigenvalue weighted by atomic mass is 9.85. The summed E-state index contributed by atoms with van der Waals surface area (Å²) < 4.78 is 43.8. The van der Waals surface area contributed by atoms with Gasteiger partial charge >= 0.3 is 5.69 Å². The van der Waals surface area contributed by atoms with Crippen LogP contribution in [-0.4, -0.2) is 31.1 Å². The van der Waals surface area contributed by atoms with Gasteiger partial charge in [-0.3, -0.25) is 18.9 Å². The van der Waals surface area contributed by atoms with Crippen LogP contribution in [0.2, 0.25) is 10.2 Å². The Kier molecular flexibility index (Phi) is 7.45. The van der Waals surface area contributed by atoms with E-state index in [0.717, 1.165) is 6.20 Å². The minimum absolute atomic E-state index is 0.0914. The monoisotopic (exact) mass is 563 g/mol. The number of alkyl halides is 2. The highest BCUT2D eigenvalue weighted by Gasteiger charge is 2.27. The number of carbonyl (C=O) groups is 1. The average molecular weight is 564 g/mol. The van der Waals surface area contributed by atoms with E-state index in [1.165, 1.54) is 29.0 Å². The lowest BCUT2D eigenvalue weighted by molar-refractivity contribution is 0.0904. The molecule has 5 rings (SSSR count). The number of carbonyl (C=O) groups excluding carboxylic acids is 1. The third kappa shape index (κ3) is 5.28. The van der Waals surface area contributed by atoms with E-state index in [4.69, 9.17) is 23.2 Å². The number of nitrogens with one attached hydrogen (secondary N) is 1. The molecule has 1 aliphatic carbocycles. The molecule has 7 nitrogen and oxygen atoms in total. The van der Waals surface area contributed by atoms with Gasteiger partial charge in [0.15, 0.2) is 0 Å². The Morgan fingerprint density at radius 2 is 1.82 bits per heavy atom. The van der Waals surface area contributed by atoms with Gasteiger partial charge in [-0.15, -0.1) is 0 Å². The van der Waals surface area contributed by atoms with Crippen LogP contribution in [0.4, 0.5) is 13.2 Å². The van der Waals surface area contributed by atoms with Gasteiger partial charge in [-0.2, -0.15) is 0 Å². The van der Waals surface area contributed by atoms with Gasteiger partial charge in [0.05, 0.1) is 27.3 Å². The van der Waals surface area contributed by atoms with Crippen LogP contribution >= 0.6 is 23.2 Å². The van der Waals surface area contributed by atoms with Gasteiger partial charge in [-0.05, 0) is 68.0 Å². The van der Waals surface area contributed by atoms with Crippen LogP contribution in [0, 0.1) is 11.7 Å². The first kappa shape index (κ1) is 26.2. The summed E-state index contributed by atoms with van der Waals surface area (Å²) in [6.07, 6.45) is 2.21. The van der Waals surface area contributed by atoms with E-state index in [1.54, 1.807) is 22.8 Å². The number of imidazole rings is 1. The molecule has 0 atom stereocenters. The third-order valence-electron chi connectivity index (χ3n) is 6.82. The lowest BCUT2D eigenvalue weighted by Gasteiger charge is -2.29. The number of aromatic nitrogens is 4. The van der Waals surface area contributed by atoms with E-state index in [-0.39, 0.29) is 33.4 Å². The van der Waals surface area contributed by atoms with Crippen molar-refractivity contribution < 1.29 is 18.0 Å². The molecule has 1 aromatic carbocycles. The normalized spacial score (nSPS) is 17.7. The molecule has 0 spiro atoms. The van der Waals surface area contributed by atoms with Crippen LogP contribution < -0.4 is 11.0 Å². The SMILES string of the molecule is O=C(N[C@H]1CC[C@H](Cn2c(=O)n(-c3ccnc(Cl)c3)c3ccc(F)cc32)CC1)c1cc(Cl)cnc1C(F)F. The maximum atomic E-state index is 14.2. The number of amides is 1. The van der Waals surface area contributed by atoms with Gasteiger partial charge in [-0.1, -0.05) is 23.2 Å². The van der Waals surface area contributed by atoms with Crippen molar-refractivity contribution >= 4 is 40.1 Å². The first-order valence-electron chi connectivity index (χ1n) is 12.0. The van der Waals surface area contributed by atoms with E-state index in [0.29, 0.717) is 48.9 Å². The van der Waals surface area contributed by atoms with Crippen LogP contribution in [0.1, 0.15) is 48.2 Å². The molecule has 3 heterocycles. The second kappa shape index (κ2) is 10.8. The molecular formula is C26H22Cl2F3N5O2. The number of pyridine rings is 2. The second-order valence-corrected chi connectivity index (χ2v) is 10.1. The number of fused-ring (bicyclic) bond motifs is 1. The quantitative estimate of drug-likeness (QED) is 0.294. The van der Waals surface area contributed by atoms with Crippen molar-refractivity contribution in [2.75, 3.05) is 0 Å². The highest BCUT2D eigenvalue weighted by Crippen LogP contribution is 2.29. The standard InChI is InChI=1S/C26H22Cl2F3N5O2/c27-15-9-19(23(24(30)31)33-12-15)25(37)34-17-4-1-14(2-5-17)13-35-21-10-16(29)3-6-20(21)36(26(35)38)18-7-8-32-22(28)11-18/h3,6-12,14,17,24H,1-2,4-5,13H2,(H,34,37)/t14-,17-. The lowest BCUT2D eigenvalue weighted by Crippen LogP contribution is -2.39. The zero-order valence-electron chi connectivity index (χ0n) is 19.9. The van der Waals surface area contributed by atoms with Crippen molar-refractivity contribution in [3.8, 4) is 5.69 Å². The fraction of sp³-hybridized carbons (Fsp3) is 0.308. The average Bonchev–Trinajstić information content (AvgIpc) is 3.15. The molecule has 4 aromatic rings. The Morgan fingerprint density at radius 3 is 2.53 bits per heavy atom. The zero-order chi connectivity index (χ0) is 27.0. The number of halogens is 5. The molecule has 0 bridgehead atoms. The Labute approximate surface area is 225 Å². The van der Waals surface area contributed by atoms with Crippen LogP contribution in [-0.2, 0) is 6.54 Å². The summed E-state index contributed by atoms with van der Waals surface area (Å²) in [4.78, 5) is 33.7. The molecule has 12 heteroatoms. The van der Waals surface area contributed by atoms with E-state index < -0.39 is 23.8 Å². The predicted octanol–water partition coefficient (Wildman–Crippen LogP) is 5.95. The highest BCUT2D eigenvalue weighted by atomic mass is 35.5. The predicted molar refractivity (Wildman–Crippen MR) is 138 cm³/mol. The minimum Gasteiger partial charge on any atom is -0.349 e. The summed E-state index contributed by atoms with van der Waals surface area (Å²) in [5, 5.41) is 3.13. The van der Waals surface area contributed by atoms with E-state index >= 15 is 0 Å². The van der Waals surface area contributed by atoms with Crippen molar-refractivity contribution in [1.82, 2.24) is 24.4 Å². The van der Waals surface area contributed by atoms with Crippen LogP contribution in [0.3, 0.4) is 0 Å².